The highest BCUT2D eigenvalue weighted by Crippen LogP contribution is 2.17. The topological polar surface area (TPSA) is 52.0 Å². The van der Waals surface area contributed by atoms with Crippen LogP contribution in [0.5, 0.6) is 0 Å². The van der Waals surface area contributed by atoms with Crippen molar-refractivity contribution in [1.82, 2.24) is 9.55 Å². The van der Waals surface area contributed by atoms with Crippen LogP contribution in [0.1, 0.15) is 59.9 Å². The summed E-state index contributed by atoms with van der Waals surface area (Å²) in [5.74, 6) is 1.07. The van der Waals surface area contributed by atoms with Crippen LogP contribution in [-0.4, -0.2) is 15.3 Å². The molecule has 2 heterocycles. The van der Waals surface area contributed by atoms with E-state index in [9.17, 15) is 9.59 Å². The Kier molecular flexibility index (Phi) is 4.42. The van der Waals surface area contributed by atoms with Gasteiger partial charge in [-0.25, -0.2) is 4.98 Å². The molecule has 0 atom stereocenters. The van der Waals surface area contributed by atoms with Gasteiger partial charge in [-0.2, -0.15) is 0 Å². The molecule has 0 saturated carbocycles. The van der Waals surface area contributed by atoms with E-state index >= 15 is 0 Å². The first-order valence-electron chi connectivity index (χ1n) is 8.27. The molecule has 0 N–H and O–H groups in total. The van der Waals surface area contributed by atoms with Gasteiger partial charge in [0.1, 0.15) is 11.4 Å². The van der Waals surface area contributed by atoms with E-state index in [-0.39, 0.29) is 23.3 Å². The number of aryl methyl sites for hydroxylation is 1. The summed E-state index contributed by atoms with van der Waals surface area (Å²) in [6.45, 7) is 4.92. The maximum absolute atomic E-state index is 12.5. The molecule has 3 rings (SSSR count). The number of aromatic nitrogens is 2. The number of hydrogen-bond donors (Lipinski definition) is 0. The molecule has 1 aromatic heterocycles. The van der Waals surface area contributed by atoms with E-state index in [1.165, 1.54) is 11.8 Å². The van der Waals surface area contributed by atoms with Crippen LogP contribution in [0.2, 0.25) is 0 Å². The van der Waals surface area contributed by atoms with Crippen molar-refractivity contribution in [3.8, 4) is 0 Å². The average Bonchev–Trinajstić information content (AvgIpc) is 2.55. The third-order valence-electron chi connectivity index (χ3n) is 4.44. The molecule has 0 bridgehead atoms. The first-order valence-corrected chi connectivity index (χ1v) is 8.27. The Morgan fingerprint density at radius 1 is 1.30 bits per heavy atom. The number of benzene rings is 1. The van der Waals surface area contributed by atoms with Crippen molar-refractivity contribution < 1.29 is 4.79 Å². The Balaban J connectivity index is 1.87. The van der Waals surface area contributed by atoms with Gasteiger partial charge in [-0.3, -0.25) is 14.2 Å². The molecule has 0 aliphatic carbocycles. The highest BCUT2D eigenvalue weighted by Gasteiger charge is 2.18. The van der Waals surface area contributed by atoms with Gasteiger partial charge in [-0.15, -0.1) is 0 Å². The zero-order valence-corrected chi connectivity index (χ0v) is 13.7. The lowest BCUT2D eigenvalue weighted by Gasteiger charge is -2.17. The highest BCUT2D eigenvalue weighted by molar-refractivity contribution is 5.96. The smallest absolute Gasteiger partial charge is 0.264 e. The predicted molar refractivity (Wildman–Crippen MR) is 90.0 cm³/mol. The fourth-order valence-electron chi connectivity index (χ4n) is 3.04. The lowest BCUT2D eigenvalue weighted by Crippen LogP contribution is -2.32. The zero-order chi connectivity index (χ0) is 16.4. The molecule has 1 aromatic carbocycles. The molecule has 0 amide bonds. The van der Waals surface area contributed by atoms with Gasteiger partial charge in [-0.05, 0) is 29.9 Å². The summed E-state index contributed by atoms with van der Waals surface area (Å²) in [6, 6.07) is 8.02. The molecular formula is C19H22N2O2. The van der Waals surface area contributed by atoms with Crippen molar-refractivity contribution in [1.29, 1.82) is 0 Å². The van der Waals surface area contributed by atoms with Crippen molar-refractivity contribution in [2.24, 2.45) is 0 Å². The molecule has 23 heavy (non-hydrogen) atoms. The molecule has 1 aliphatic rings. The van der Waals surface area contributed by atoms with Crippen LogP contribution in [-0.2, 0) is 19.4 Å². The van der Waals surface area contributed by atoms with Crippen molar-refractivity contribution >= 4 is 5.78 Å². The van der Waals surface area contributed by atoms with E-state index in [1.807, 2.05) is 18.2 Å². The number of ketones is 1. The van der Waals surface area contributed by atoms with Crippen molar-refractivity contribution in [2.75, 3.05) is 0 Å². The van der Waals surface area contributed by atoms with Crippen LogP contribution in [0.3, 0.4) is 0 Å². The Morgan fingerprint density at radius 2 is 2.13 bits per heavy atom. The average molecular weight is 310 g/mol. The standard InChI is InChI=1S/C19H22N2O2/c1-13(2)15-7-5-6-14(10-15)11-17(22)16-12-20-18-8-3-4-9-21(18)19(16)23/h5-7,10,12-13H,3-4,8-9,11H2,1-2H3. The van der Waals surface area contributed by atoms with Crippen molar-refractivity contribution in [3.05, 3.63) is 63.3 Å². The van der Waals surface area contributed by atoms with E-state index in [2.05, 4.69) is 24.9 Å². The van der Waals surface area contributed by atoms with Gasteiger partial charge in [0.05, 0.1) is 0 Å². The second kappa shape index (κ2) is 6.49. The summed E-state index contributed by atoms with van der Waals surface area (Å²) in [5.41, 5.74) is 2.18. The van der Waals surface area contributed by atoms with Crippen LogP contribution in [0, 0.1) is 0 Å². The van der Waals surface area contributed by atoms with E-state index in [0.717, 1.165) is 30.7 Å². The highest BCUT2D eigenvalue weighted by atomic mass is 16.1. The first kappa shape index (κ1) is 15.7. The van der Waals surface area contributed by atoms with Crippen LogP contribution < -0.4 is 5.56 Å². The van der Waals surface area contributed by atoms with Gasteiger partial charge in [0, 0.05) is 25.6 Å². The van der Waals surface area contributed by atoms with E-state index in [1.54, 1.807) is 4.57 Å². The third-order valence-corrected chi connectivity index (χ3v) is 4.44. The number of hydrogen-bond acceptors (Lipinski definition) is 3. The van der Waals surface area contributed by atoms with Crippen molar-refractivity contribution in [3.63, 3.8) is 0 Å². The number of Topliss-reactive ketones (excluding diaryl/α,β-unsaturated/α-hetero) is 1. The van der Waals surface area contributed by atoms with Gasteiger partial charge < -0.3 is 0 Å². The van der Waals surface area contributed by atoms with Gasteiger partial charge in [0.25, 0.3) is 5.56 Å². The fourth-order valence-corrected chi connectivity index (χ4v) is 3.04. The molecule has 4 nitrogen and oxygen atoms in total. The minimum Gasteiger partial charge on any atom is -0.296 e. The zero-order valence-electron chi connectivity index (χ0n) is 13.7. The minimum atomic E-state index is -0.181. The number of carbonyl (C=O) groups excluding carboxylic acids is 1. The van der Waals surface area contributed by atoms with Gasteiger partial charge in [0.2, 0.25) is 0 Å². The van der Waals surface area contributed by atoms with E-state index in [4.69, 9.17) is 0 Å². The number of fused-ring (bicyclic) bond motifs is 1. The predicted octanol–water partition coefficient (Wildman–Crippen LogP) is 3.13. The summed E-state index contributed by atoms with van der Waals surface area (Å²) in [6.07, 6.45) is 4.56. The molecule has 0 spiro atoms. The summed E-state index contributed by atoms with van der Waals surface area (Å²) < 4.78 is 1.67. The summed E-state index contributed by atoms with van der Waals surface area (Å²) in [5, 5.41) is 0. The second-order valence-corrected chi connectivity index (χ2v) is 6.50. The molecule has 0 radical (unpaired) electrons. The van der Waals surface area contributed by atoms with Gasteiger partial charge in [-0.1, -0.05) is 38.1 Å². The maximum Gasteiger partial charge on any atom is 0.264 e. The Hall–Kier alpha value is -2.23. The first-order chi connectivity index (χ1) is 11.1. The molecule has 1 aliphatic heterocycles. The molecule has 0 unspecified atom stereocenters. The van der Waals surface area contributed by atoms with Gasteiger partial charge in [0.15, 0.2) is 5.78 Å². The van der Waals surface area contributed by atoms with Crippen LogP contribution in [0.25, 0.3) is 0 Å². The van der Waals surface area contributed by atoms with Crippen LogP contribution >= 0.6 is 0 Å². The number of nitrogens with zero attached hydrogens (tertiary/aromatic N) is 2. The minimum absolute atomic E-state index is 0.149. The third kappa shape index (κ3) is 3.26. The second-order valence-electron chi connectivity index (χ2n) is 6.50. The number of carbonyl (C=O) groups is 1. The van der Waals surface area contributed by atoms with Crippen LogP contribution in [0.15, 0.2) is 35.3 Å². The molecule has 2 aromatic rings. The summed E-state index contributed by atoms with van der Waals surface area (Å²) in [7, 11) is 0. The normalized spacial score (nSPS) is 13.9. The van der Waals surface area contributed by atoms with Crippen molar-refractivity contribution in [2.45, 2.75) is 52.0 Å². The Labute approximate surface area is 136 Å². The molecule has 4 heteroatoms. The molecule has 120 valence electrons. The quantitative estimate of drug-likeness (QED) is 0.815. The van der Waals surface area contributed by atoms with E-state index in [0.29, 0.717) is 12.5 Å². The molecule has 0 fully saturated rings. The molecule has 0 saturated heterocycles. The van der Waals surface area contributed by atoms with Crippen LogP contribution in [0.4, 0.5) is 0 Å². The number of rotatable bonds is 4. The lowest BCUT2D eigenvalue weighted by atomic mass is 9.97. The summed E-state index contributed by atoms with van der Waals surface area (Å²) >= 11 is 0. The molecular weight excluding hydrogens is 288 g/mol. The largest absolute Gasteiger partial charge is 0.296 e. The Bertz CT molecular complexity index is 790. The monoisotopic (exact) mass is 310 g/mol. The van der Waals surface area contributed by atoms with E-state index < -0.39 is 0 Å². The lowest BCUT2D eigenvalue weighted by molar-refractivity contribution is 0.0990. The summed E-state index contributed by atoms with van der Waals surface area (Å²) in [4.78, 5) is 29.4. The Morgan fingerprint density at radius 3 is 2.91 bits per heavy atom. The SMILES string of the molecule is CC(C)c1cccc(CC(=O)c2cnc3n(c2=O)CCCC3)c1. The van der Waals surface area contributed by atoms with Gasteiger partial charge >= 0.3 is 0 Å². The fraction of sp³-hybridized carbons (Fsp3) is 0.421. The maximum atomic E-state index is 12.5.